The van der Waals surface area contributed by atoms with Gasteiger partial charge < -0.3 is 14.3 Å². The van der Waals surface area contributed by atoms with Crippen molar-refractivity contribution in [2.24, 2.45) is 5.16 Å². The second-order valence-electron chi connectivity index (χ2n) is 5.07. The van der Waals surface area contributed by atoms with Gasteiger partial charge in [-0.1, -0.05) is 6.57 Å². The van der Waals surface area contributed by atoms with Gasteiger partial charge in [-0.05, 0) is 19.8 Å². The van der Waals surface area contributed by atoms with Crippen LogP contribution in [0.25, 0.3) is 4.85 Å². The van der Waals surface area contributed by atoms with E-state index >= 15 is 0 Å². The van der Waals surface area contributed by atoms with E-state index in [1.165, 1.54) is 0 Å². The average Bonchev–Trinajstić information content (AvgIpc) is 3.07. The number of morpholine rings is 1. The van der Waals surface area contributed by atoms with E-state index in [1.54, 1.807) is 6.92 Å². The van der Waals surface area contributed by atoms with E-state index in [0.29, 0.717) is 13.2 Å². The molecule has 0 saturated carbocycles. The second-order valence-corrected chi connectivity index (χ2v) is 5.07. The largest absolute Gasteiger partial charge is 0.470 e. The van der Waals surface area contributed by atoms with Crippen LogP contribution in [0.5, 0.6) is 0 Å². The fourth-order valence-corrected chi connectivity index (χ4v) is 2.52. The molecule has 0 spiro atoms. The molecule has 22 heavy (non-hydrogen) atoms. The molecule has 1 unspecified atom stereocenters. The van der Waals surface area contributed by atoms with Crippen molar-refractivity contribution in [3.05, 3.63) is 11.4 Å². The highest BCUT2D eigenvalue weighted by Crippen LogP contribution is 2.17. The van der Waals surface area contributed by atoms with Crippen LogP contribution < -0.4 is 0 Å². The van der Waals surface area contributed by atoms with Crippen molar-refractivity contribution in [2.45, 2.75) is 26.1 Å². The van der Waals surface area contributed by atoms with Crippen LogP contribution in [0.3, 0.4) is 0 Å². The van der Waals surface area contributed by atoms with E-state index in [4.69, 9.17) is 20.9 Å². The van der Waals surface area contributed by atoms with Crippen molar-refractivity contribution in [1.82, 2.24) is 9.80 Å². The van der Waals surface area contributed by atoms with Crippen LogP contribution in [0.2, 0.25) is 0 Å². The lowest BCUT2D eigenvalue weighted by Gasteiger charge is -2.35. The summed E-state index contributed by atoms with van der Waals surface area (Å²) in [6, 6.07) is 0. The second kappa shape index (κ2) is 8.68. The van der Waals surface area contributed by atoms with E-state index in [0.717, 1.165) is 39.0 Å². The quantitative estimate of drug-likeness (QED) is 0.242. The molecular weight excluding hydrogens is 288 g/mol. The molecule has 122 valence electrons. The molecular formula is C14H22N4O4. The average molecular weight is 310 g/mol. The minimum atomic E-state index is -0.750. The van der Waals surface area contributed by atoms with Crippen LogP contribution in [0.15, 0.2) is 5.16 Å². The van der Waals surface area contributed by atoms with E-state index in [9.17, 15) is 4.79 Å². The number of likely N-dealkylation sites (tertiary alicyclic amines) is 1. The summed E-state index contributed by atoms with van der Waals surface area (Å²) in [5.41, 5.74) is 0. The van der Waals surface area contributed by atoms with Gasteiger partial charge in [0.25, 0.3) is 6.35 Å². The third kappa shape index (κ3) is 4.40. The minimum Gasteiger partial charge on any atom is -0.470 e. The SMILES string of the molecule is [C-]#[N+]/C(=N/OC(N1CCCC1)N1CCOCC1)C(=O)OCC. The standard InChI is InChI=1S/C14H22N4O4/c1-3-21-13(19)12(15-2)16-22-14(17-6-4-5-7-17)18-8-10-20-11-9-18/h14H,3-11H2,1H3/b16-12+. The Morgan fingerprint density at radius 1 is 1.27 bits per heavy atom. The van der Waals surface area contributed by atoms with Gasteiger partial charge in [-0.2, -0.15) is 0 Å². The third-order valence-electron chi connectivity index (χ3n) is 3.61. The van der Waals surface area contributed by atoms with Crippen LogP contribution in [0.1, 0.15) is 19.8 Å². The summed E-state index contributed by atoms with van der Waals surface area (Å²) in [6.45, 7) is 13.5. The number of hydrogen-bond acceptors (Lipinski definition) is 7. The molecule has 2 heterocycles. The number of esters is 1. The highest BCUT2D eigenvalue weighted by molar-refractivity contribution is 6.39. The van der Waals surface area contributed by atoms with Gasteiger partial charge in [-0.3, -0.25) is 14.5 Å². The molecule has 2 aliphatic rings. The molecule has 0 N–H and O–H groups in total. The van der Waals surface area contributed by atoms with Crippen molar-refractivity contribution < 1.29 is 19.1 Å². The Balaban J connectivity index is 2.04. The molecule has 0 radical (unpaired) electrons. The first-order valence-electron chi connectivity index (χ1n) is 7.60. The van der Waals surface area contributed by atoms with Crippen molar-refractivity contribution in [3.8, 4) is 0 Å². The molecule has 0 bridgehead atoms. The van der Waals surface area contributed by atoms with Gasteiger partial charge in [0.05, 0.1) is 25.0 Å². The predicted octanol–water partition coefficient (Wildman–Crippen LogP) is 0.510. The van der Waals surface area contributed by atoms with E-state index < -0.39 is 5.97 Å². The number of oxime groups is 1. The highest BCUT2D eigenvalue weighted by atomic mass is 16.7. The predicted molar refractivity (Wildman–Crippen MR) is 78.7 cm³/mol. The normalized spacial score (nSPS) is 22.1. The van der Waals surface area contributed by atoms with Crippen molar-refractivity contribution in [2.75, 3.05) is 46.0 Å². The van der Waals surface area contributed by atoms with Gasteiger partial charge >= 0.3 is 11.8 Å². The van der Waals surface area contributed by atoms with Crippen LogP contribution in [-0.4, -0.2) is 74.0 Å². The number of nitrogens with zero attached hydrogens (tertiary/aromatic N) is 4. The van der Waals surface area contributed by atoms with Crippen LogP contribution in [-0.2, 0) is 19.1 Å². The van der Waals surface area contributed by atoms with Gasteiger partial charge in [0.15, 0.2) is 0 Å². The molecule has 0 aromatic heterocycles. The smallest absolute Gasteiger partial charge is 0.398 e. The van der Waals surface area contributed by atoms with Crippen molar-refractivity contribution in [3.63, 3.8) is 0 Å². The van der Waals surface area contributed by atoms with E-state index in [2.05, 4.69) is 19.8 Å². The first-order valence-corrected chi connectivity index (χ1v) is 7.60. The van der Waals surface area contributed by atoms with E-state index in [1.807, 2.05) is 0 Å². The monoisotopic (exact) mass is 310 g/mol. The molecule has 8 nitrogen and oxygen atoms in total. The number of rotatable bonds is 5. The first-order chi connectivity index (χ1) is 10.8. The van der Waals surface area contributed by atoms with Gasteiger partial charge in [-0.25, -0.2) is 4.90 Å². The van der Waals surface area contributed by atoms with Gasteiger partial charge in [0.1, 0.15) is 0 Å². The summed E-state index contributed by atoms with van der Waals surface area (Å²) >= 11 is 0. The minimum absolute atomic E-state index is 0.201. The molecule has 8 heteroatoms. The molecule has 0 amide bonds. The maximum absolute atomic E-state index is 11.6. The Kier molecular flexibility index (Phi) is 6.58. The Bertz CT molecular complexity index is 437. The lowest BCUT2D eigenvalue weighted by molar-refractivity contribution is -0.167. The zero-order valence-corrected chi connectivity index (χ0v) is 12.9. The lowest BCUT2D eigenvalue weighted by Crippen LogP contribution is -2.52. The van der Waals surface area contributed by atoms with Crippen molar-refractivity contribution in [1.29, 1.82) is 0 Å². The molecule has 2 fully saturated rings. The maximum atomic E-state index is 11.6. The molecule has 2 saturated heterocycles. The summed E-state index contributed by atoms with van der Waals surface area (Å²) in [6.07, 6.45) is 1.86. The summed E-state index contributed by atoms with van der Waals surface area (Å²) in [5.74, 6) is -1.13. The molecule has 0 aromatic carbocycles. The topological polar surface area (TPSA) is 68.0 Å². The van der Waals surface area contributed by atoms with Gasteiger partial charge in [0, 0.05) is 26.2 Å². The number of hydrogen-bond donors (Lipinski definition) is 0. The fraction of sp³-hybridized carbons (Fsp3) is 0.786. The molecule has 2 aliphatic heterocycles. The van der Waals surface area contributed by atoms with Crippen LogP contribution in [0.4, 0.5) is 0 Å². The maximum Gasteiger partial charge on any atom is 0.398 e. The summed E-state index contributed by atoms with van der Waals surface area (Å²) in [7, 11) is 0. The molecule has 1 atom stereocenters. The summed E-state index contributed by atoms with van der Waals surface area (Å²) in [5, 5.41) is 3.74. The van der Waals surface area contributed by atoms with Crippen LogP contribution in [0, 0.1) is 6.57 Å². The molecule has 0 aliphatic carbocycles. The zero-order chi connectivity index (χ0) is 15.8. The number of carbonyl (C=O) groups excluding carboxylic acids is 1. The molecule has 0 aromatic rings. The van der Waals surface area contributed by atoms with Crippen LogP contribution >= 0.6 is 0 Å². The number of carbonyl (C=O) groups is 1. The Morgan fingerprint density at radius 2 is 1.91 bits per heavy atom. The van der Waals surface area contributed by atoms with Crippen molar-refractivity contribution >= 4 is 11.8 Å². The Hall–Kier alpha value is -1.69. The molecule has 2 rings (SSSR count). The lowest BCUT2D eigenvalue weighted by atomic mass is 10.4. The zero-order valence-electron chi connectivity index (χ0n) is 12.9. The highest BCUT2D eigenvalue weighted by Gasteiger charge is 2.32. The first kappa shape index (κ1) is 16.7. The van der Waals surface area contributed by atoms with E-state index in [-0.39, 0.29) is 18.8 Å². The number of ether oxygens (including phenoxy) is 2. The fourth-order valence-electron chi connectivity index (χ4n) is 2.52. The Morgan fingerprint density at radius 3 is 2.50 bits per heavy atom. The van der Waals surface area contributed by atoms with Gasteiger partial charge in [0.2, 0.25) is 0 Å². The third-order valence-corrected chi connectivity index (χ3v) is 3.61. The van der Waals surface area contributed by atoms with Gasteiger partial charge in [-0.15, -0.1) is 0 Å². The number of amidine groups is 1. The Labute approximate surface area is 130 Å². The summed E-state index contributed by atoms with van der Waals surface area (Å²) < 4.78 is 10.1. The summed E-state index contributed by atoms with van der Waals surface area (Å²) in [4.78, 5) is 24.5.